The zero-order valence-electron chi connectivity index (χ0n) is 17.2. The topological polar surface area (TPSA) is 74.9 Å². The van der Waals surface area contributed by atoms with E-state index in [9.17, 15) is 4.79 Å². The van der Waals surface area contributed by atoms with E-state index in [-0.39, 0.29) is 11.9 Å². The van der Waals surface area contributed by atoms with Gasteiger partial charge in [-0.1, -0.05) is 35.0 Å². The molecule has 156 valence electrons. The number of carbonyl (C=O) groups is 1. The largest absolute Gasteiger partial charge is 0.378 e. The average molecular weight is 399 g/mol. The fraction of sp³-hybridized carbons (Fsp3) is 0.571. The van der Waals surface area contributed by atoms with Gasteiger partial charge in [-0.2, -0.15) is 4.98 Å². The number of amides is 1. The van der Waals surface area contributed by atoms with Crippen LogP contribution in [0.15, 0.2) is 28.8 Å². The molecular weight excluding hydrogens is 370 g/mol. The van der Waals surface area contributed by atoms with E-state index >= 15 is 0 Å². The molecule has 2 aliphatic heterocycles. The highest BCUT2D eigenvalue weighted by molar-refractivity contribution is 5.81. The lowest BCUT2D eigenvalue weighted by Gasteiger charge is -2.39. The highest BCUT2D eigenvalue weighted by atomic mass is 16.5. The third-order valence-electron chi connectivity index (χ3n) is 5.77. The average Bonchev–Trinajstić information content (AvgIpc) is 3.23. The van der Waals surface area contributed by atoms with Crippen LogP contribution in [0.5, 0.6) is 0 Å². The number of aryl methyl sites for hydroxylation is 1. The maximum Gasteiger partial charge on any atom is 0.241 e. The van der Waals surface area contributed by atoms with Crippen LogP contribution in [0, 0.1) is 6.92 Å². The Labute approximate surface area is 171 Å². The Morgan fingerprint density at radius 1 is 1.07 bits per heavy atom. The molecule has 1 aromatic carbocycles. The number of hydrogen-bond acceptors (Lipinski definition) is 7. The van der Waals surface area contributed by atoms with Crippen LogP contribution >= 0.6 is 0 Å². The summed E-state index contributed by atoms with van der Waals surface area (Å²) in [5.41, 5.74) is 2.17. The van der Waals surface area contributed by atoms with Gasteiger partial charge in [0.2, 0.25) is 17.6 Å². The maximum atomic E-state index is 12.7. The van der Waals surface area contributed by atoms with E-state index in [1.807, 2.05) is 36.1 Å². The summed E-state index contributed by atoms with van der Waals surface area (Å²) in [5.74, 6) is 1.47. The minimum absolute atomic E-state index is 0.0909. The second kappa shape index (κ2) is 9.02. The van der Waals surface area contributed by atoms with E-state index in [0.29, 0.717) is 44.6 Å². The summed E-state index contributed by atoms with van der Waals surface area (Å²) in [4.78, 5) is 23.7. The van der Waals surface area contributed by atoms with Gasteiger partial charge in [-0.25, -0.2) is 0 Å². The number of nitrogens with zero attached hydrogens (tertiary/aromatic N) is 5. The summed E-state index contributed by atoms with van der Waals surface area (Å²) in [5, 5.41) is 4.12. The van der Waals surface area contributed by atoms with Crippen LogP contribution in [0.3, 0.4) is 0 Å². The highest BCUT2D eigenvalue weighted by Gasteiger charge is 2.29. The van der Waals surface area contributed by atoms with Gasteiger partial charge in [-0.05, 0) is 13.8 Å². The molecule has 0 spiro atoms. The van der Waals surface area contributed by atoms with Crippen molar-refractivity contribution in [1.29, 1.82) is 0 Å². The molecule has 0 bridgehead atoms. The molecule has 1 aromatic heterocycles. The minimum Gasteiger partial charge on any atom is -0.378 e. The molecule has 0 radical (unpaired) electrons. The Bertz CT molecular complexity index is 808. The van der Waals surface area contributed by atoms with Gasteiger partial charge in [0.15, 0.2) is 0 Å². The first-order valence-electron chi connectivity index (χ1n) is 10.3. The first-order chi connectivity index (χ1) is 14.1. The van der Waals surface area contributed by atoms with Crippen molar-refractivity contribution in [3.63, 3.8) is 0 Å². The molecular formula is C21H29N5O3. The second-order valence-electron chi connectivity index (χ2n) is 7.80. The van der Waals surface area contributed by atoms with Crippen LogP contribution in [-0.4, -0.2) is 89.3 Å². The zero-order valence-corrected chi connectivity index (χ0v) is 17.2. The van der Waals surface area contributed by atoms with E-state index in [1.165, 1.54) is 5.56 Å². The quantitative estimate of drug-likeness (QED) is 0.752. The van der Waals surface area contributed by atoms with Crippen LogP contribution in [0.1, 0.15) is 18.4 Å². The monoisotopic (exact) mass is 399 g/mol. The Balaban J connectivity index is 1.28. The standard InChI is InChI=1S/C21H29N5O3/c1-16-3-5-18(6-4-16)20-22-19(29-23-20)15-24-7-9-25(10-8-24)17(2)21(27)26-11-13-28-14-12-26/h3-6,17H,7-15H2,1-2H3. The third-order valence-corrected chi connectivity index (χ3v) is 5.77. The minimum atomic E-state index is -0.0909. The fourth-order valence-corrected chi connectivity index (χ4v) is 3.84. The van der Waals surface area contributed by atoms with Gasteiger partial charge in [0.05, 0.1) is 25.8 Å². The summed E-state index contributed by atoms with van der Waals surface area (Å²) >= 11 is 0. The van der Waals surface area contributed by atoms with Gasteiger partial charge >= 0.3 is 0 Å². The molecule has 2 saturated heterocycles. The molecule has 1 amide bonds. The summed E-state index contributed by atoms with van der Waals surface area (Å²) in [6.07, 6.45) is 0. The molecule has 29 heavy (non-hydrogen) atoms. The summed E-state index contributed by atoms with van der Waals surface area (Å²) < 4.78 is 10.8. The fourth-order valence-electron chi connectivity index (χ4n) is 3.84. The molecule has 2 fully saturated rings. The van der Waals surface area contributed by atoms with Crippen molar-refractivity contribution >= 4 is 5.91 Å². The van der Waals surface area contributed by atoms with Crippen molar-refractivity contribution in [1.82, 2.24) is 24.8 Å². The van der Waals surface area contributed by atoms with Crippen molar-refractivity contribution in [3.8, 4) is 11.4 Å². The normalized spacial score (nSPS) is 20.0. The molecule has 2 aliphatic rings. The van der Waals surface area contributed by atoms with E-state index in [0.717, 1.165) is 31.7 Å². The molecule has 0 N–H and O–H groups in total. The molecule has 8 nitrogen and oxygen atoms in total. The summed E-state index contributed by atoms with van der Waals surface area (Å²) in [6, 6.07) is 8.02. The maximum absolute atomic E-state index is 12.7. The Morgan fingerprint density at radius 2 is 1.76 bits per heavy atom. The van der Waals surface area contributed by atoms with Crippen molar-refractivity contribution in [2.75, 3.05) is 52.5 Å². The lowest BCUT2D eigenvalue weighted by Crippen LogP contribution is -2.55. The van der Waals surface area contributed by atoms with E-state index in [4.69, 9.17) is 9.26 Å². The third kappa shape index (κ3) is 4.83. The Morgan fingerprint density at radius 3 is 2.45 bits per heavy atom. The van der Waals surface area contributed by atoms with Gasteiger partial charge in [0.25, 0.3) is 0 Å². The Hall–Kier alpha value is -2.29. The van der Waals surface area contributed by atoms with Crippen LogP contribution in [0.25, 0.3) is 11.4 Å². The molecule has 1 atom stereocenters. The first kappa shape index (κ1) is 20.0. The lowest BCUT2D eigenvalue weighted by molar-refractivity contribution is -0.141. The van der Waals surface area contributed by atoms with E-state index in [1.54, 1.807) is 0 Å². The number of morpholine rings is 1. The molecule has 8 heteroatoms. The molecule has 3 heterocycles. The zero-order chi connectivity index (χ0) is 20.2. The van der Waals surface area contributed by atoms with Crippen LogP contribution in [-0.2, 0) is 16.1 Å². The van der Waals surface area contributed by atoms with E-state index < -0.39 is 0 Å². The predicted octanol–water partition coefficient (Wildman–Crippen LogP) is 1.41. The number of benzene rings is 1. The van der Waals surface area contributed by atoms with Crippen molar-refractivity contribution in [3.05, 3.63) is 35.7 Å². The van der Waals surface area contributed by atoms with Gasteiger partial charge in [0.1, 0.15) is 0 Å². The molecule has 1 unspecified atom stereocenters. The second-order valence-corrected chi connectivity index (χ2v) is 7.80. The summed E-state index contributed by atoms with van der Waals surface area (Å²) in [7, 11) is 0. The SMILES string of the molecule is Cc1ccc(-c2noc(CN3CCN(C(C)C(=O)N4CCOCC4)CC3)n2)cc1. The molecule has 0 saturated carbocycles. The van der Waals surface area contributed by atoms with Crippen LogP contribution in [0.2, 0.25) is 0 Å². The smallest absolute Gasteiger partial charge is 0.241 e. The van der Waals surface area contributed by atoms with Crippen molar-refractivity contribution in [2.45, 2.75) is 26.4 Å². The predicted molar refractivity (Wildman–Crippen MR) is 108 cm³/mol. The number of carbonyl (C=O) groups excluding carboxylic acids is 1. The lowest BCUT2D eigenvalue weighted by atomic mass is 10.1. The Kier molecular flexibility index (Phi) is 6.22. The van der Waals surface area contributed by atoms with Crippen molar-refractivity contribution in [2.24, 2.45) is 0 Å². The van der Waals surface area contributed by atoms with Gasteiger partial charge in [-0.15, -0.1) is 0 Å². The highest BCUT2D eigenvalue weighted by Crippen LogP contribution is 2.18. The molecule has 0 aliphatic carbocycles. The van der Waals surface area contributed by atoms with E-state index in [2.05, 4.69) is 26.9 Å². The number of aromatic nitrogens is 2. The molecule has 2 aromatic rings. The van der Waals surface area contributed by atoms with Gasteiger partial charge in [-0.3, -0.25) is 14.6 Å². The number of ether oxygens (including phenoxy) is 1. The van der Waals surface area contributed by atoms with Crippen LogP contribution in [0.4, 0.5) is 0 Å². The number of hydrogen-bond donors (Lipinski definition) is 0. The van der Waals surface area contributed by atoms with Crippen LogP contribution < -0.4 is 0 Å². The van der Waals surface area contributed by atoms with Gasteiger partial charge < -0.3 is 14.2 Å². The number of rotatable bonds is 5. The first-order valence-corrected chi connectivity index (χ1v) is 10.3. The number of piperazine rings is 1. The summed E-state index contributed by atoms with van der Waals surface area (Å²) in [6.45, 7) is 10.9. The van der Waals surface area contributed by atoms with Gasteiger partial charge in [0, 0.05) is 44.8 Å². The van der Waals surface area contributed by atoms with Crippen molar-refractivity contribution < 1.29 is 14.1 Å². The molecule has 4 rings (SSSR count).